The van der Waals surface area contributed by atoms with Crippen molar-refractivity contribution >= 4 is 38.9 Å². The van der Waals surface area contributed by atoms with E-state index in [1.807, 2.05) is 24.3 Å². The lowest BCUT2D eigenvalue weighted by atomic mass is 10.2. The smallest absolute Gasteiger partial charge is 0.255 e. The molecule has 0 atom stereocenters. The summed E-state index contributed by atoms with van der Waals surface area (Å²) in [6.07, 6.45) is 1.22. The number of halogens is 1. The second-order valence-corrected chi connectivity index (χ2v) is 8.55. The summed E-state index contributed by atoms with van der Waals surface area (Å²) in [4.78, 5) is 14.6. The van der Waals surface area contributed by atoms with Gasteiger partial charge in [0.2, 0.25) is 10.0 Å². The highest BCUT2D eigenvalue weighted by Gasteiger charge is 2.24. The van der Waals surface area contributed by atoms with Crippen molar-refractivity contribution in [3.63, 3.8) is 0 Å². The Morgan fingerprint density at radius 1 is 1.04 bits per heavy atom. The maximum Gasteiger partial charge on any atom is 0.255 e. The molecule has 2 aromatic carbocycles. The molecule has 3 rings (SSSR count). The highest BCUT2D eigenvalue weighted by atomic mass is 35.5. The van der Waals surface area contributed by atoms with E-state index in [2.05, 4.69) is 10.2 Å². The first kappa shape index (κ1) is 18.7. The van der Waals surface area contributed by atoms with Gasteiger partial charge in [0.05, 0.1) is 17.6 Å². The second kappa shape index (κ2) is 7.65. The van der Waals surface area contributed by atoms with Crippen molar-refractivity contribution in [2.24, 2.45) is 0 Å². The van der Waals surface area contributed by atoms with Crippen molar-refractivity contribution in [3.05, 3.63) is 59.1 Å². The molecule has 0 bridgehead atoms. The first-order valence-electron chi connectivity index (χ1n) is 8.20. The van der Waals surface area contributed by atoms with Crippen LogP contribution in [0.15, 0.2) is 48.5 Å². The van der Waals surface area contributed by atoms with Gasteiger partial charge in [-0.3, -0.25) is 4.79 Å². The Labute approximate surface area is 158 Å². The Morgan fingerprint density at radius 3 is 2.38 bits per heavy atom. The van der Waals surface area contributed by atoms with Crippen LogP contribution >= 0.6 is 11.6 Å². The summed E-state index contributed by atoms with van der Waals surface area (Å²) < 4.78 is 24.8. The van der Waals surface area contributed by atoms with E-state index in [-0.39, 0.29) is 5.91 Å². The van der Waals surface area contributed by atoms with E-state index in [1.165, 1.54) is 10.6 Å². The number of anilines is 2. The Bertz CT molecular complexity index is 909. The number of amides is 1. The van der Waals surface area contributed by atoms with Crippen LogP contribution < -0.4 is 10.2 Å². The summed E-state index contributed by atoms with van der Waals surface area (Å²) in [5, 5.41) is 3.42. The lowest BCUT2D eigenvalue weighted by Crippen LogP contribution is -2.48. The van der Waals surface area contributed by atoms with Crippen molar-refractivity contribution in [3.8, 4) is 0 Å². The molecule has 138 valence electrons. The molecule has 1 heterocycles. The minimum absolute atomic E-state index is 0.241. The van der Waals surface area contributed by atoms with Crippen LogP contribution in [0.1, 0.15) is 10.4 Å². The van der Waals surface area contributed by atoms with Gasteiger partial charge in [0.15, 0.2) is 0 Å². The van der Waals surface area contributed by atoms with E-state index in [4.69, 9.17) is 11.6 Å². The molecule has 1 amide bonds. The van der Waals surface area contributed by atoms with Crippen LogP contribution in [0.2, 0.25) is 5.02 Å². The number of hydrogen-bond donors (Lipinski definition) is 1. The summed E-state index contributed by atoms with van der Waals surface area (Å²) in [7, 11) is -3.18. The molecule has 26 heavy (non-hydrogen) atoms. The number of nitrogens with one attached hydrogen (secondary N) is 1. The zero-order valence-electron chi connectivity index (χ0n) is 14.4. The SMILES string of the molecule is CS(=O)(=O)N1CCN(c2ccccc2NC(=O)c2cccc(Cl)c2)CC1. The molecule has 0 spiro atoms. The van der Waals surface area contributed by atoms with Gasteiger partial charge in [-0.1, -0.05) is 29.8 Å². The summed E-state index contributed by atoms with van der Waals surface area (Å²) in [6, 6.07) is 14.3. The molecular weight excluding hydrogens is 374 g/mol. The van der Waals surface area contributed by atoms with E-state index >= 15 is 0 Å². The molecule has 6 nitrogen and oxygen atoms in total. The minimum Gasteiger partial charge on any atom is -0.367 e. The van der Waals surface area contributed by atoms with Crippen LogP contribution in [0.3, 0.4) is 0 Å². The maximum absolute atomic E-state index is 12.5. The van der Waals surface area contributed by atoms with Gasteiger partial charge in [-0.15, -0.1) is 0 Å². The van der Waals surface area contributed by atoms with E-state index in [0.29, 0.717) is 42.5 Å². The van der Waals surface area contributed by atoms with Crippen molar-refractivity contribution in [2.75, 3.05) is 42.7 Å². The number of benzene rings is 2. The van der Waals surface area contributed by atoms with Gasteiger partial charge in [0.25, 0.3) is 5.91 Å². The molecule has 0 aromatic heterocycles. The predicted molar refractivity (Wildman–Crippen MR) is 104 cm³/mol. The zero-order valence-corrected chi connectivity index (χ0v) is 15.9. The third-order valence-electron chi connectivity index (χ3n) is 4.29. The monoisotopic (exact) mass is 393 g/mol. The van der Waals surface area contributed by atoms with Crippen LogP contribution in [-0.2, 0) is 10.0 Å². The average Bonchev–Trinajstić information content (AvgIpc) is 2.61. The van der Waals surface area contributed by atoms with Gasteiger partial charge in [-0.2, -0.15) is 4.31 Å². The maximum atomic E-state index is 12.5. The van der Waals surface area contributed by atoms with Gasteiger partial charge >= 0.3 is 0 Å². The minimum atomic E-state index is -3.18. The molecule has 0 saturated carbocycles. The normalized spacial score (nSPS) is 15.7. The first-order valence-corrected chi connectivity index (χ1v) is 10.4. The Hall–Kier alpha value is -2.09. The van der Waals surface area contributed by atoms with Gasteiger partial charge in [0, 0.05) is 36.8 Å². The Morgan fingerprint density at radius 2 is 1.73 bits per heavy atom. The predicted octanol–water partition coefficient (Wildman–Crippen LogP) is 2.67. The average molecular weight is 394 g/mol. The molecule has 1 aliphatic rings. The third-order valence-corrected chi connectivity index (χ3v) is 5.83. The molecule has 1 fully saturated rings. The lowest BCUT2D eigenvalue weighted by molar-refractivity contribution is 0.102. The number of rotatable bonds is 4. The number of piperazine rings is 1. The highest BCUT2D eigenvalue weighted by molar-refractivity contribution is 7.88. The van der Waals surface area contributed by atoms with Crippen LogP contribution in [0.4, 0.5) is 11.4 Å². The van der Waals surface area contributed by atoms with E-state index in [9.17, 15) is 13.2 Å². The quantitative estimate of drug-likeness (QED) is 0.867. The third kappa shape index (κ3) is 4.35. The van der Waals surface area contributed by atoms with Crippen molar-refractivity contribution < 1.29 is 13.2 Å². The van der Waals surface area contributed by atoms with Gasteiger partial charge in [0.1, 0.15) is 0 Å². The van der Waals surface area contributed by atoms with Crippen molar-refractivity contribution in [2.45, 2.75) is 0 Å². The van der Waals surface area contributed by atoms with Crippen molar-refractivity contribution in [1.29, 1.82) is 0 Å². The number of carbonyl (C=O) groups excluding carboxylic acids is 1. The van der Waals surface area contributed by atoms with Crippen molar-refractivity contribution in [1.82, 2.24) is 4.31 Å². The molecule has 1 aliphatic heterocycles. The summed E-state index contributed by atoms with van der Waals surface area (Å²) >= 11 is 5.95. The Kier molecular flexibility index (Phi) is 5.50. The van der Waals surface area contributed by atoms with E-state index in [1.54, 1.807) is 24.3 Å². The fourth-order valence-electron chi connectivity index (χ4n) is 2.94. The van der Waals surface area contributed by atoms with E-state index in [0.717, 1.165) is 5.69 Å². The topological polar surface area (TPSA) is 69.7 Å². The first-order chi connectivity index (χ1) is 12.3. The van der Waals surface area contributed by atoms with Gasteiger partial charge in [-0.05, 0) is 30.3 Å². The standard InChI is InChI=1S/C18H20ClN3O3S/c1-26(24,25)22-11-9-21(10-12-22)17-8-3-2-7-16(17)20-18(23)14-5-4-6-15(19)13-14/h2-8,13H,9-12H2,1H3,(H,20,23). The highest BCUT2D eigenvalue weighted by Crippen LogP contribution is 2.27. The summed E-state index contributed by atoms with van der Waals surface area (Å²) in [6.45, 7) is 1.99. The number of hydrogen-bond acceptors (Lipinski definition) is 4. The summed E-state index contributed by atoms with van der Waals surface area (Å²) in [5.74, 6) is -0.241. The lowest BCUT2D eigenvalue weighted by Gasteiger charge is -2.35. The number of nitrogens with zero attached hydrogens (tertiary/aromatic N) is 2. The molecule has 1 saturated heterocycles. The fourth-order valence-corrected chi connectivity index (χ4v) is 3.96. The van der Waals surface area contributed by atoms with E-state index < -0.39 is 10.0 Å². The molecular formula is C18H20ClN3O3S. The number of sulfonamides is 1. The van der Waals surface area contributed by atoms with Crippen LogP contribution in [0, 0.1) is 0 Å². The molecule has 0 unspecified atom stereocenters. The second-order valence-electron chi connectivity index (χ2n) is 6.13. The van der Waals surface area contributed by atoms with Crippen LogP contribution in [0.5, 0.6) is 0 Å². The molecule has 2 aromatic rings. The van der Waals surface area contributed by atoms with Gasteiger partial charge in [-0.25, -0.2) is 8.42 Å². The summed E-state index contributed by atoms with van der Waals surface area (Å²) in [5.41, 5.74) is 2.04. The fraction of sp³-hybridized carbons (Fsp3) is 0.278. The van der Waals surface area contributed by atoms with Crippen LogP contribution in [0.25, 0.3) is 0 Å². The molecule has 1 N–H and O–H groups in total. The molecule has 8 heteroatoms. The number of para-hydroxylation sites is 2. The Balaban J connectivity index is 1.76. The number of carbonyl (C=O) groups is 1. The zero-order chi connectivity index (χ0) is 18.7. The largest absolute Gasteiger partial charge is 0.367 e. The molecule has 0 radical (unpaired) electrons. The van der Waals surface area contributed by atoms with Gasteiger partial charge < -0.3 is 10.2 Å². The van der Waals surface area contributed by atoms with Crippen LogP contribution in [-0.4, -0.2) is 51.1 Å². The molecule has 0 aliphatic carbocycles.